The van der Waals surface area contributed by atoms with E-state index in [-0.39, 0.29) is 0 Å². The number of nitrogens with zero attached hydrogens (tertiary/aromatic N) is 4. The minimum atomic E-state index is -0.811. The van der Waals surface area contributed by atoms with E-state index >= 15 is 0 Å². The van der Waals surface area contributed by atoms with Gasteiger partial charge in [0.2, 0.25) is 0 Å². The van der Waals surface area contributed by atoms with Crippen LogP contribution in [-0.2, 0) is 6.54 Å². The van der Waals surface area contributed by atoms with Crippen LogP contribution in [0.3, 0.4) is 0 Å². The number of aliphatic hydroxyl groups excluding tert-OH is 1. The molecule has 0 spiro atoms. The lowest BCUT2D eigenvalue weighted by Gasteiger charge is -2.10. The van der Waals surface area contributed by atoms with Crippen molar-refractivity contribution in [1.82, 2.24) is 19.7 Å². The molecular formula is C10H12N4O. The summed E-state index contributed by atoms with van der Waals surface area (Å²) in [6.45, 7) is 2.68. The van der Waals surface area contributed by atoms with E-state index in [9.17, 15) is 5.11 Å². The van der Waals surface area contributed by atoms with Crippen molar-refractivity contribution in [3.05, 3.63) is 42.2 Å². The van der Waals surface area contributed by atoms with E-state index in [4.69, 9.17) is 0 Å². The lowest BCUT2D eigenvalue weighted by Crippen LogP contribution is -2.11. The van der Waals surface area contributed by atoms with Crippen LogP contribution < -0.4 is 0 Å². The van der Waals surface area contributed by atoms with Crippen molar-refractivity contribution in [2.24, 2.45) is 0 Å². The van der Waals surface area contributed by atoms with Crippen LogP contribution in [-0.4, -0.2) is 24.9 Å². The van der Waals surface area contributed by atoms with Crippen LogP contribution in [0.4, 0.5) is 0 Å². The molecule has 0 bridgehead atoms. The molecule has 0 saturated heterocycles. The Balaban J connectivity index is 2.32. The maximum atomic E-state index is 10.0. The van der Waals surface area contributed by atoms with E-state index in [2.05, 4.69) is 15.1 Å². The smallest absolute Gasteiger partial charge is 0.163 e. The standard InChI is InChI=1S/C10H12N4O/c1-2-14-8(4-7-13-14)9(15)10-11-5-3-6-12-10/h3-7,9,15H,2H2,1H3. The second-order valence-corrected chi connectivity index (χ2v) is 3.08. The van der Waals surface area contributed by atoms with Gasteiger partial charge in [0, 0.05) is 25.1 Å². The molecule has 2 aromatic rings. The van der Waals surface area contributed by atoms with E-state index < -0.39 is 6.10 Å². The number of hydrogen-bond donors (Lipinski definition) is 1. The first-order chi connectivity index (χ1) is 7.33. The maximum Gasteiger partial charge on any atom is 0.163 e. The summed E-state index contributed by atoms with van der Waals surface area (Å²) in [6, 6.07) is 3.48. The Bertz CT molecular complexity index is 426. The highest BCUT2D eigenvalue weighted by molar-refractivity contribution is 5.13. The zero-order chi connectivity index (χ0) is 10.7. The van der Waals surface area contributed by atoms with E-state index in [1.54, 1.807) is 35.4 Å². The molecule has 2 rings (SSSR count). The monoisotopic (exact) mass is 204 g/mol. The largest absolute Gasteiger partial charge is 0.379 e. The highest BCUT2D eigenvalue weighted by Crippen LogP contribution is 2.17. The van der Waals surface area contributed by atoms with E-state index in [0.717, 1.165) is 0 Å². The first-order valence-electron chi connectivity index (χ1n) is 4.79. The summed E-state index contributed by atoms with van der Waals surface area (Å²) in [5.41, 5.74) is 0.712. The predicted octanol–water partition coefficient (Wildman–Crippen LogP) is 0.775. The highest BCUT2D eigenvalue weighted by atomic mass is 16.3. The zero-order valence-electron chi connectivity index (χ0n) is 8.41. The minimum Gasteiger partial charge on any atom is -0.379 e. The van der Waals surface area contributed by atoms with Crippen molar-refractivity contribution >= 4 is 0 Å². The summed E-state index contributed by atoms with van der Waals surface area (Å²) in [6.07, 6.45) is 4.06. The Labute approximate surface area is 87.4 Å². The van der Waals surface area contributed by atoms with Crippen molar-refractivity contribution in [3.8, 4) is 0 Å². The van der Waals surface area contributed by atoms with Crippen molar-refractivity contribution in [3.63, 3.8) is 0 Å². The Kier molecular flexibility index (Phi) is 2.73. The second kappa shape index (κ2) is 4.18. The van der Waals surface area contributed by atoms with Crippen molar-refractivity contribution in [2.45, 2.75) is 19.6 Å². The SMILES string of the molecule is CCn1nccc1C(O)c1ncccn1. The van der Waals surface area contributed by atoms with Gasteiger partial charge in [0.1, 0.15) is 0 Å². The van der Waals surface area contributed by atoms with Crippen molar-refractivity contribution in [1.29, 1.82) is 0 Å². The molecule has 0 fully saturated rings. The summed E-state index contributed by atoms with van der Waals surface area (Å²) in [4.78, 5) is 8.02. The Morgan fingerprint density at radius 2 is 2.07 bits per heavy atom. The zero-order valence-corrected chi connectivity index (χ0v) is 8.41. The van der Waals surface area contributed by atoms with Crippen LogP contribution in [0, 0.1) is 0 Å². The van der Waals surface area contributed by atoms with E-state index in [1.165, 1.54) is 0 Å². The second-order valence-electron chi connectivity index (χ2n) is 3.08. The molecule has 5 nitrogen and oxygen atoms in total. The molecule has 2 aromatic heterocycles. The summed E-state index contributed by atoms with van der Waals surface area (Å²) >= 11 is 0. The van der Waals surface area contributed by atoms with Gasteiger partial charge in [-0.2, -0.15) is 5.10 Å². The third-order valence-corrected chi connectivity index (χ3v) is 2.16. The summed E-state index contributed by atoms with van der Waals surface area (Å²) in [5.74, 6) is 0.396. The quantitative estimate of drug-likeness (QED) is 0.802. The Morgan fingerprint density at radius 1 is 1.33 bits per heavy atom. The fraction of sp³-hybridized carbons (Fsp3) is 0.300. The molecule has 2 heterocycles. The van der Waals surface area contributed by atoms with Gasteiger partial charge in [-0.05, 0) is 19.1 Å². The average Bonchev–Trinajstić information content (AvgIpc) is 2.77. The molecule has 15 heavy (non-hydrogen) atoms. The summed E-state index contributed by atoms with van der Waals surface area (Å²) < 4.78 is 1.72. The molecule has 0 aliphatic heterocycles. The third-order valence-electron chi connectivity index (χ3n) is 2.16. The van der Waals surface area contributed by atoms with E-state index in [1.807, 2.05) is 6.92 Å². The minimum absolute atomic E-state index is 0.396. The molecule has 0 aromatic carbocycles. The van der Waals surface area contributed by atoms with Crippen LogP contribution >= 0.6 is 0 Å². The van der Waals surface area contributed by atoms with Gasteiger partial charge >= 0.3 is 0 Å². The van der Waals surface area contributed by atoms with Gasteiger partial charge in [-0.15, -0.1) is 0 Å². The lowest BCUT2D eigenvalue weighted by atomic mass is 10.2. The van der Waals surface area contributed by atoms with Gasteiger partial charge in [-0.3, -0.25) is 4.68 Å². The highest BCUT2D eigenvalue weighted by Gasteiger charge is 2.16. The number of aryl methyl sites for hydroxylation is 1. The fourth-order valence-corrected chi connectivity index (χ4v) is 1.42. The molecule has 1 unspecified atom stereocenters. The summed E-state index contributed by atoms with van der Waals surface area (Å²) in [5, 5.41) is 14.1. The molecule has 78 valence electrons. The van der Waals surface area contributed by atoms with Crippen LogP contribution in [0.2, 0.25) is 0 Å². The fourth-order valence-electron chi connectivity index (χ4n) is 1.42. The Morgan fingerprint density at radius 3 is 2.73 bits per heavy atom. The molecule has 0 amide bonds. The van der Waals surface area contributed by atoms with Gasteiger partial charge in [-0.25, -0.2) is 9.97 Å². The van der Waals surface area contributed by atoms with Crippen LogP contribution in [0.1, 0.15) is 24.5 Å². The molecule has 0 radical (unpaired) electrons. The predicted molar refractivity (Wildman–Crippen MR) is 54.0 cm³/mol. The first kappa shape index (κ1) is 9.79. The number of rotatable bonds is 3. The van der Waals surface area contributed by atoms with Gasteiger partial charge in [0.15, 0.2) is 11.9 Å². The molecular weight excluding hydrogens is 192 g/mol. The van der Waals surface area contributed by atoms with Gasteiger partial charge < -0.3 is 5.11 Å². The normalized spacial score (nSPS) is 12.7. The number of hydrogen-bond acceptors (Lipinski definition) is 4. The first-order valence-corrected chi connectivity index (χ1v) is 4.79. The topological polar surface area (TPSA) is 63.8 Å². The molecule has 5 heteroatoms. The number of aromatic nitrogens is 4. The van der Waals surface area contributed by atoms with Crippen molar-refractivity contribution < 1.29 is 5.11 Å². The molecule has 0 aliphatic rings. The van der Waals surface area contributed by atoms with Crippen molar-refractivity contribution in [2.75, 3.05) is 0 Å². The van der Waals surface area contributed by atoms with Crippen LogP contribution in [0.15, 0.2) is 30.7 Å². The number of aliphatic hydroxyl groups is 1. The van der Waals surface area contributed by atoms with Gasteiger partial charge in [0.25, 0.3) is 0 Å². The molecule has 0 aliphatic carbocycles. The molecule has 1 atom stereocenters. The average molecular weight is 204 g/mol. The van der Waals surface area contributed by atoms with Crippen LogP contribution in [0.25, 0.3) is 0 Å². The molecule has 0 saturated carbocycles. The van der Waals surface area contributed by atoms with Crippen LogP contribution in [0.5, 0.6) is 0 Å². The summed E-state index contributed by atoms with van der Waals surface area (Å²) in [7, 11) is 0. The molecule has 1 N–H and O–H groups in total. The maximum absolute atomic E-state index is 10.0. The lowest BCUT2D eigenvalue weighted by molar-refractivity contribution is 0.198. The van der Waals surface area contributed by atoms with Gasteiger partial charge in [-0.1, -0.05) is 0 Å². The Hall–Kier alpha value is -1.75. The third kappa shape index (κ3) is 1.87. The van der Waals surface area contributed by atoms with Gasteiger partial charge in [0.05, 0.1) is 5.69 Å². The van der Waals surface area contributed by atoms with E-state index in [0.29, 0.717) is 18.1 Å².